The molecule has 1 heterocycles. The normalized spacial score (nSPS) is 17.7. The SMILES string of the molecule is NCC1(C(=O)Nc2cnc(Cl)c(Br)c2)CCCC1. The van der Waals surface area contributed by atoms with Crippen molar-refractivity contribution >= 4 is 39.1 Å². The number of hydrogen-bond donors (Lipinski definition) is 2. The van der Waals surface area contributed by atoms with Crippen LogP contribution >= 0.6 is 27.5 Å². The van der Waals surface area contributed by atoms with Gasteiger partial charge in [-0.15, -0.1) is 0 Å². The molecule has 0 radical (unpaired) electrons. The van der Waals surface area contributed by atoms with Crippen LogP contribution in [0.5, 0.6) is 0 Å². The second-order valence-corrected chi connectivity index (χ2v) is 5.85. The zero-order chi connectivity index (χ0) is 13.2. The maximum absolute atomic E-state index is 12.3. The standard InChI is InChI=1S/C12H15BrClN3O/c13-9-5-8(6-16-10(9)14)17-11(18)12(7-15)3-1-2-4-12/h5-6H,1-4,7,15H2,(H,17,18). The number of hydrogen-bond acceptors (Lipinski definition) is 3. The number of carbonyl (C=O) groups is 1. The molecule has 1 fully saturated rings. The van der Waals surface area contributed by atoms with Gasteiger partial charge in [-0.2, -0.15) is 0 Å². The maximum atomic E-state index is 12.3. The third-order valence-electron chi connectivity index (χ3n) is 3.49. The number of anilines is 1. The molecular weight excluding hydrogens is 318 g/mol. The van der Waals surface area contributed by atoms with Crippen LogP contribution in [0.3, 0.4) is 0 Å². The largest absolute Gasteiger partial charge is 0.329 e. The average Bonchev–Trinajstić information content (AvgIpc) is 2.84. The molecule has 2 rings (SSSR count). The second-order valence-electron chi connectivity index (χ2n) is 4.64. The summed E-state index contributed by atoms with van der Waals surface area (Å²) in [6.45, 7) is 0.390. The van der Waals surface area contributed by atoms with E-state index in [1.165, 1.54) is 0 Å². The van der Waals surface area contributed by atoms with E-state index in [9.17, 15) is 4.79 Å². The molecule has 0 aromatic carbocycles. The summed E-state index contributed by atoms with van der Waals surface area (Å²) >= 11 is 9.09. The molecule has 1 aliphatic carbocycles. The molecular formula is C12H15BrClN3O. The molecule has 1 saturated carbocycles. The van der Waals surface area contributed by atoms with Crippen molar-refractivity contribution < 1.29 is 4.79 Å². The van der Waals surface area contributed by atoms with Crippen molar-refractivity contribution in [1.29, 1.82) is 0 Å². The van der Waals surface area contributed by atoms with Gasteiger partial charge in [-0.25, -0.2) is 4.98 Å². The molecule has 6 heteroatoms. The van der Waals surface area contributed by atoms with Crippen molar-refractivity contribution in [1.82, 2.24) is 4.98 Å². The van der Waals surface area contributed by atoms with Gasteiger partial charge in [-0.3, -0.25) is 4.79 Å². The Morgan fingerprint density at radius 1 is 1.56 bits per heavy atom. The molecule has 0 spiro atoms. The highest BCUT2D eigenvalue weighted by Gasteiger charge is 2.39. The van der Waals surface area contributed by atoms with E-state index in [0.717, 1.165) is 25.7 Å². The van der Waals surface area contributed by atoms with E-state index < -0.39 is 5.41 Å². The van der Waals surface area contributed by atoms with Gasteiger partial charge in [0.15, 0.2) is 0 Å². The monoisotopic (exact) mass is 331 g/mol. The minimum absolute atomic E-state index is 0.0153. The highest BCUT2D eigenvalue weighted by molar-refractivity contribution is 9.10. The van der Waals surface area contributed by atoms with Gasteiger partial charge in [0.05, 0.1) is 21.8 Å². The van der Waals surface area contributed by atoms with E-state index in [1.54, 1.807) is 12.3 Å². The van der Waals surface area contributed by atoms with Crippen LogP contribution in [-0.4, -0.2) is 17.4 Å². The Kier molecular flexibility index (Phi) is 4.25. The van der Waals surface area contributed by atoms with Crippen LogP contribution < -0.4 is 11.1 Å². The first-order valence-corrected chi connectivity index (χ1v) is 7.07. The first-order valence-electron chi connectivity index (χ1n) is 5.90. The lowest BCUT2D eigenvalue weighted by Gasteiger charge is -2.25. The van der Waals surface area contributed by atoms with Crippen LogP contribution in [0.2, 0.25) is 5.15 Å². The molecule has 1 aliphatic rings. The van der Waals surface area contributed by atoms with Crippen LogP contribution in [0, 0.1) is 5.41 Å². The number of amides is 1. The van der Waals surface area contributed by atoms with Crippen LogP contribution in [0.25, 0.3) is 0 Å². The van der Waals surface area contributed by atoms with E-state index in [-0.39, 0.29) is 5.91 Å². The summed E-state index contributed by atoms with van der Waals surface area (Å²) in [5.74, 6) is -0.0153. The molecule has 0 aliphatic heterocycles. The van der Waals surface area contributed by atoms with Gasteiger partial charge >= 0.3 is 0 Å². The molecule has 18 heavy (non-hydrogen) atoms. The molecule has 0 saturated heterocycles. The first-order chi connectivity index (χ1) is 8.57. The van der Waals surface area contributed by atoms with Crippen LogP contribution in [0.4, 0.5) is 5.69 Å². The summed E-state index contributed by atoms with van der Waals surface area (Å²) in [7, 11) is 0. The summed E-state index contributed by atoms with van der Waals surface area (Å²) in [5.41, 5.74) is 6.00. The summed E-state index contributed by atoms with van der Waals surface area (Å²) in [6.07, 6.45) is 5.39. The zero-order valence-corrected chi connectivity index (χ0v) is 12.2. The Bertz CT molecular complexity index is 461. The Morgan fingerprint density at radius 2 is 2.22 bits per heavy atom. The molecule has 1 aromatic heterocycles. The Labute approximate surface area is 119 Å². The van der Waals surface area contributed by atoms with Gasteiger partial charge in [0.25, 0.3) is 0 Å². The Hall–Kier alpha value is -0.650. The quantitative estimate of drug-likeness (QED) is 0.836. The lowest BCUT2D eigenvalue weighted by atomic mass is 9.85. The topological polar surface area (TPSA) is 68.0 Å². The number of aromatic nitrogens is 1. The number of pyridine rings is 1. The van der Waals surface area contributed by atoms with E-state index in [1.807, 2.05) is 0 Å². The lowest BCUT2D eigenvalue weighted by molar-refractivity contribution is -0.124. The zero-order valence-electron chi connectivity index (χ0n) is 9.88. The van der Waals surface area contributed by atoms with Gasteiger partial charge in [0.2, 0.25) is 5.91 Å². The number of carbonyl (C=O) groups excluding carboxylic acids is 1. The number of nitrogens with two attached hydrogens (primary N) is 1. The van der Waals surface area contributed by atoms with Gasteiger partial charge in [-0.05, 0) is 34.8 Å². The molecule has 0 unspecified atom stereocenters. The summed E-state index contributed by atoms with van der Waals surface area (Å²) in [6, 6.07) is 1.74. The minimum Gasteiger partial charge on any atom is -0.329 e. The predicted octanol–water partition coefficient (Wildman–Crippen LogP) is 2.96. The average molecular weight is 333 g/mol. The number of halogens is 2. The fraction of sp³-hybridized carbons (Fsp3) is 0.500. The van der Waals surface area contributed by atoms with Gasteiger partial charge in [0.1, 0.15) is 5.15 Å². The highest BCUT2D eigenvalue weighted by atomic mass is 79.9. The second kappa shape index (κ2) is 5.55. The molecule has 1 aromatic rings. The minimum atomic E-state index is -0.411. The van der Waals surface area contributed by atoms with E-state index in [4.69, 9.17) is 17.3 Å². The van der Waals surface area contributed by atoms with Gasteiger partial charge in [-0.1, -0.05) is 24.4 Å². The van der Waals surface area contributed by atoms with Gasteiger partial charge < -0.3 is 11.1 Å². The first kappa shape index (κ1) is 13.8. The van der Waals surface area contributed by atoms with E-state index >= 15 is 0 Å². The molecule has 98 valence electrons. The highest BCUT2D eigenvalue weighted by Crippen LogP contribution is 2.38. The van der Waals surface area contributed by atoms with Crippen LogP contribution in [-0.2, 0) is 4.79 Å². The molecule has 4 nitrogen and oxygen atoms in total. The molecule has 1 amide bonds. The summed E-state index contributed by atoms with van der Waals surface area (Å²) in [4.78, 5) is 16.3. The third-order valence-corrected chi connectivity index (χ3v) is 4.62. The van der Waals surface area contributed by atoms with Crippen molar-refractivity contribution in [3.05, 3.63) is 21.9 Å². The Balaban J connectivity index is 2.13. The molecule has 0 bridgehead atoms. The van der Waals surface area contributed by atoms with E-state index in [2.05, 4.69) is 26.2 Å². The number of nitrogens with one attached hydrogen (secondary N) is 1. The van der Waals surface area contributed by atoms with Crippen molar-refractivity contribution in [3.8, 4) is 0 Å². The van der Waals surface area contributed by atoms with E-state index in [0.29, 0.717) is 21.9 Å². The van der Waals surface area contributed by atoms with Crippen LogP contribution in [0.15, 0.2) is 16.7 Å². The smallest absolute Gasteiger partial charge is 0.231 e. The molecule has 0 atom stereocenters. The van der Waals surface area contributed by atoms with Crippen molar-refractivity contribution in [2.75, 3.05) is 11.9 Å². The third kappa shape index (κ3) is 2.68. The summed E-state index contributed by atoms with van der Waals surface area (Å²) < 4.78 is 0.662. The fourth-order valence-corrected chi connectivity index (χ4v) is 2.78. The number of rotatable bonds is 3. The van der Waals surface area contributed by atoms with Crippen molar-refractivity contribution in [2.24, 2.45) is 11.1 Å². The Morgan fingerprint density at radius 3 is 2.78 bits per heavy atom. The fourth-order valence-electron chi connectivity index (χ4n) is 2.33. The predicted molar refractivity (Wildman–Crippen MR) is 75.5 cm³/mol. The maximum Gasteiger partial charge on any atom is 0.231 e. The van der Waals surface area contributed by atoms with Gasteiger partial charge in [0, 0.05) is 6.54 Å². The van der Waals surface area contributed by atoms with Crippen molar-refractivity contribution in [2.45, 2.75) is 25.7 Å². The van der Waals surface area contributed by atoms with Crippen LogP contribution in [0.1, 0.15) is 25.7 Å². The van der Waals surface area contributed by atoms with Crippen molar-refractivity contribution in [3.63, 3.8) is 0 Å². The lowest BCUT2D eigenvalue weighted by Crippen LogP contribution is -2.40. The summed E-state index contributed by atoms with van der Waals surface area (Å²) in [5, 5.41) is 3.25. The molecule has 3 N–H and O–H groups in total. The number of nitrogens with zero attached hydrogens (tertiary/aromatic N) is 1.